The summed E-state index contributed by atoms with van der Waals surface area (Å²) in [6.45, 7) is 5.08. The van der Waals surface area contributed by atoms with E-state index in [0.29, 0.717) is 31.9 Å². The number of amides is 2. The van der Waals surface area contributed by atoms with Gasteiger partial charge in [-0.15, -0.1) is 0 Å². The van der Waals surface area contributed by atoms with Crippen LogP contribution in [0.15, 0.2) is 30.3 Å². The first-order valence-electron chi connectivity index (χ1n) is 9.09. The van der Waals surface area contributed by atoms with Crippen LogP contribution in [0.25, 0.3) is 0 Å². The number of urea groups is 1. The number of alkyl halides is 3. The first-order chi connectivity index (χ1) is 13.3. The van der Waals surface area contributed by atoms with Gasteiger partial charge in [0.2, 0.25) is 0 Å². The normalized spacial score (nSPS) is 14.9. The van der Waals surface area contributed by atoms with Gasteiger partial charge >= 0.3 is 12.2 Å². The van der Waals surface area contributed by atoms with E-state index >= 15 is 0 Å². The van der Waals surface area contributed by atoms with Gasteiger partial charge in [-0.1, -0.05) is 19.1 Å². The number of piperazine rings is 1. The molecule has 0 spiro atoms. The smallest absolute Gasteiger partial charge is 0.353 e. The van der Waals surface area contributed by atoms with Gasteiger partial charge in [0.15, 0.2) is 0 Å². The zero-order chi connectivity index (χ0) is 20.3. The maximum Gasteiger partial charge on any atom is 0.433 e. The zero-order valence-corrected chi connectivity index (χ0v) is 15.8. The molecule has 1 fully saturated rings. The molecule has 1 aromatic heterocycles. The molecule has 0 unspecified atom stereocenters. The third kappa shape index (κ3) is 4.71. The van der Waals surface area contributed by atoms with Crippen molar-refractivity contribution < 1.29 is 18.0 Å². The predicted molar refractivity (Wildman–Crippen MR) is 100 cm³/mol. The van der Waals surface area contributed by atoms with Crippen LogP contribution in [-0.2, 0) is 12.6 Å². The van der Waals surface area contributed by atoms with Crippen LogP contribution in [0.5, 0.6) is 0 Å². The minimum absolute atomic E-state index is 0.0699. The number of hydrogen-bond acceptors (Lipinski definition) is 4. The Bertz CT molecular complexity index is 830. The number of aromatic nitrogens is 2. The number of nitrogens with one attached hydrogen (secondary N) is 1. The van der Waals surface area contributed by atoms with Gasteiger partial charge in [-0.05, 0) is 31.0 Å². The summed E-state index contributed by atoms with van der Waals surface area (Å²) >= 11 is 0. The molecular weight excluding hydrogens is 371 g/mol. The van der Waals surface area contributed by atoms with Crippen molar-refractivity contribution >= 4 is 17.5 Å². The van der Waals surface area contributed by atoms with Crippen LogP contribution in [0.2, 0.25) is 0 Å². The average molecular weight is 393 g/mol. The van der Waals surface area contributed by atoms with Gasteiger partial charge in [0, 0.05) is 37.9 Å². The van der Waals surface area contributed by atoms with E-state index in [4.69, 9.17) is 0 Å². The molecule has 1 aliphatic heterocycles. The number of nitrogens with zero attached hydrogens (tertiary/aromatic N) is 4. The van der Waals surface area contributed by atoms with Crippen molar-refractivity contribution in [1.29, 1.82) is 0 Å². The molecule has 1 aromatic carbocycles. The molecule has 3 rings (SSSR count). The topological polar surface area (TPSA) is 61.4 Å². The zero-order valence-electron chi connectivity index (χ0n) is 15.8. The number of benzene rings is 1. The monoisotopic (exact) mass is 393 g/mol. The molecule has 0 bridgehead atoms. The number of rotatable bonds is 3. The van der Waals surface area contributed by atoms with Crippen LogP contribution >= 0.6 is 0 Å². The van der Waals surface area contributed by atoms with E-state index in [1.54, 1.807) is 9.80 Å². The summed E-state index contributed by atoms with van der Waals surface area (Å²) in [5.74, 6) is 0.301. The van der Waals surface area contributed by atoms with Gasteiger partial charge in [0.05, 0.1) is 0 Å². The summed E-state index contributed by atoms with van der Waals surface area (Å²) in [6, 6.07) is 8.37. The number of aryl methyl sites for hydroxylation is 2. The van der Waals surface area contributed by atoms with Crippen molar-refractivity contribution in [2.24, 2.45) is 0 Å². The molecule has 2 aromatic rings. The molecule has 2 heterocycles. The van der Waals surface area contributed by atoms with Gasteiger partial charge in [0.1, 0.15) is 17.3 Å². The molecule has 28 heavy (non-hydrogen) atoms. The Balaban J connectivity index is 1.61. The van der Waals surface area contributed by atoms with Crippen LogP contribution < -0.4 is 10.2 Å². The van der Waals surface area contributed by atoms with Crippen molar-refractivity contribution in [3.8, 4) is 0 Å². The summed E-state index contributed by atoms with van der Waals surface area (Å²) in [7, 11) is 0. The number of carbonyl (C=O) groups is 1. The quantitative estimate of drug-likeness (QED) is 0.864. The van der Waals surface area contributed by atoms with E-state index in [-0.39, 0.29) is 17.7 Å². The lowest BCUT2D eigenvalue weighted by Gasteiger charge is -2.35. The van der Waals surface area contributed by atoms with E-state index < -0.39 is 11.9 Å². The van der Waals surface area contributed by atoms with E-state index in [1.165, 1.54) is 12.5 Å². The second-order valence-electron chi connectivity index (χ2n) is 6.61. The van der Waals surface area contributed by atoms with E-state index in [9.17, 15) is 18.0 Å². The summed E-state index contributed by atoms with van der Waals surface area (Å²) in [5, 5.41) is 2.85. The van der Waals surface area contributed by atoms with Crippen molar-refractivity contribution in [2.75, 3.05) is 36.4 Å². The molecule has 0 atom stereocenters. The van der Waals surface area contributed by atoms with Crippen LogP contribution in [0, 0.1) is 6.92 Å². The average Bonchev–Trinajstić information content (AvgIpc) is 2.67. The molecule has 2 amide bonds. The number of anilines is 2. The molecule has 6 nitrogen and oxygen atoms in total. The van der Waals surface area contributed by atoms with Gasteiger partial charge < -0.3 is 15.1 Å². The highest BCUT2D eigenvalue weighted by Crippen LogP contribution is 2.30. The molecule has 0 saturated carbocycles. The fraction of sp³-hybridized carbons (Fsp3) is 0.421. The Morgan fingerprint density at radius 1 is 1.11 bits per heavy atom. The molecule has 9 heteroatoms. The standard InChI is InChI=1S/C19H22F3N5O/c1-3-14-4-6-15(7-5-14)25-18(28)27-10-8-26(9-11-27)17-12-16(19(20,21)22)23-13(2)24-17/h4-7,12H,3,8-11H2,1-2H3,(H,25,28). The van der Waals surface area contributed by atoms with Crippen molar-refractivity contribution in [2.45, 2.75) is 26.4 Å². The van der Waals surface area contributed by atoms with Crippen LogP contribution in [-0.4, -0.2) is 47.1 Å². The second kappa shape index (κ2) is 8.04. The van der Waals surface area contributed by atoms with Crippen LogP contribution in [0.3, 0.4) is 0 Å². The van der Waals surface area contributed by atoms with E-state index in [2.05, 4.69) is 22.2 Å². The van der Waals surface area contributed by atoms with Gasteiger partial charge in [0.25, 0.3) is 0 Å². The molecular formula is C19H22F3N5O. The largest absolute Gasteiger partial charge is 0.433 e. The van der Waals surface area contributed by atoms with Crippen molar-refractivity contribution in [1.82, 2.24) is 14.9 Å². The number of carbonyl (C=O) groups excluding carboxylic acids is 1. The van der Waals surface area contributed by atoms with Gasteiger partial charge in [-0.2, -0.15) is 13.2 Å². The third-order valence-electron chi connectivity index (χ3n) is 4.62. The first-order valence-corrected chi connectivity index (χ1v) is 9.09. The molecule has 1 saturated heterocycles. The lowest BCUT2D eigenvalue weighted by Crippen LogP contribution is -2.50. The molecule has 0 radical (unpaired) electrons. The van der Waals surface area contributed by atoms with Crippen LogP contribution in [0.1, 0.15) is 24.0 Å². The number of hydrogen-bond donors (Lipinski definition) is 1. The highest BCUT2D eigenvalue weighted by molar-refractivity contribution is 5.89. The lowest BCUT2D eigenvalue weighted by molar-refractivity contribution is -0.141. The minimum atomic E-state index is -4.52. The second-order valence-corrected chi connectivity index (χ2v) is 6.61. The fourth-order valence-electron chi connectivity index (χ4n) is 3.02. The lowest BCUT2D eigenvalue weighted by atomic mass is 10.1. The summed E-state index contributed by atoms with van der Waals surface area (Å²) in [5.41, 5.74) is 0.946. The predicted octanol–water partition coefficient (Wildman–Crippen LogP) is 3.72. The summed E-state index contributed by atoms with van der Waals surface area (Å²) in [4.78, 5) is 23.4. The molecule has 1 aliphatic rings. The maximum atomic E-state index is 13.0. The summed E-state index contributed by atoms with van der Waals surface area (Å²) in [6.07, 6.45) is -3.59. The number of halogens is 3. The van der Waals surface area contributed by atoms with Gasteiger partial charge in [-0.25, -0.2) is 14.8 Å². The fourth-order valence-corrected chi connectivity index (χ4v) is 3.02. The van der Waals surface area contributed by atoms with Crippen molar-refractivity contribution in [3.63, 3.8) is 0 Å². The first kappa shape index (κ1) is 19.9. The summed E-state index contributed by atoms with van der Waals surface area (Å²) < 4.78 is 38.9. The van der Waals surface area contributed by atoms with Crippen LogP contribution in [0.4, 0.5) is 29.5 Å². The Labute approximate surface area is 161 Å². The van der Waals surface area contributed by atoms with E-state index in [1.807, 2.05) is 24.3 Å². The SMILES string of the molecule is CCc1ccc(NC(=O)N2CCN(c3cc(C(F)(F)F)nc(C)n3)CC2)cc1. The Hall–Kier alpha value is -2.84. The van der Waals surface area contributed by atoms with E-state index in [0.717, 1.165) is 12.5 Å². The van der Waals surface area contributed by atoms with Crippen molar-refractivity contribution in [3.05, 3.63) is 47.4 Å². The highest BCUT2D eigenvalue weighted by atomic mass is 19.4. The minimum Gasteiger partial charge on any atom is -0.353 e. The molecule has 150 valence electrons. The highest BCUT2D eigenvalue weighted by Gasteiger charge is 2.34. The third-order valence-corrected chi connectivity index (χ3v) is 4.62. The molecule has 1 N–H and O–H groups in total. The Morgan fingerprint density at radius 2 is 1.75 bits per heavy atom. The molecule has 0 aliphatic carbocycles. The van der Waals surface area contributed by atoms with Gasteiger partial charge in [-0.3, -0.25) is 0 Å². The maximum absolute atomic E-state index is 13.0. The Morgan fingerprint density at radius 3 is 2.32 bits per heavy atom. The Kier molecular flexibility index (Phi) is 5.71.